The third-order valence-electron chi connectivity index (χ3n) is 8.12. The van der Waals surface area contributed by atoms with Gasteiger partial charge in [-0.2, -0.15) is 0 Å². The molecule has 1 aliphatic carbocycles. The SMILES string of the molecule is CCN1C(=O)N(C2Cc3ccccc3C2)C(=O)C12CCN(Cc1ccc3c(c1)CCO3)CC2. The van der Waals surface area contributed by atoms with E-state index in [0.29, 0.717) is 19.4 Å². The Morgan fingerprint density at radius 1 is 1.00 bits per heavy atom. The predicted octanol–water partition coefficient (Wildman–Crippen LogP) is 3.41. The second-order valence-corrected chi connectivity index (χ2v) is 9.88. The molecule has 3 amide bonds. The summed E-state index contributed by atoms with van der Waals surface area (Å²) in [6, 6.07) is 14.7. The van der Waals surface area contributed by atoms with Crippen molar-refractivity contribution in [3.05, 3.63) is 64.7 Å². The Kier molecular flexibility index (Phi) is 4.94. The number of fused-ring (bicyclic) bond motifs is 2. The molecule has 6 heteroatoms. The lowest BCUT2D eigenvalue weighted by Gasteiger charge is -2.42. The smallest absolute Gasteiger partial charge is 0.327 e. The molecule has 0 radical (unpaired) electrons. The number of amides is 3. The van der Waals surface area contributed by atoms with E-state index in [1.54, 1.807) is 4.90 Å². The first-order valence-corrected chi connectivity index (χ1v) is 12.3. The number of imide groups is 1. The van der Waals surface area contributed by atoms with Crippen molar-refractivity contribution in [3.8, 4) is 5.75 Å². The zero-order valence-corrected chi connectivity index (χ0v) is 19.3. The van der Waals surface area contributed by atoms with Gasteiger partial charge >= 0.3 is 6.03 Å². The van der Waals surface area contributed by atoms with Crippen LogP contribution in [0.5, 0.6) is 5.75 Å². The van der Waals surface area contributed by atoms with Crippen LogP contribution >= 0.6 is 0 Å². The highest BCUT2D eigenvalue weighted by molar-refractivity contribution is 6.07. The van der Waals surface area contributed by atoms with Gasteiger partial charge in [-0.05, 0) is 60.9 Å². The first kappa shape index (κ1) is 20.7. The maximum atomic E-state index is 13.8. The Labute approximate surface area is 195 Å². The minimum absolute atomic E-state index is 0.0292. The van der Waals surface area contributed by atoms with Gasteiger partial charge in [0.15, 0.2) is 0 Å². The summed E-state index contributed by atoms with van der Waals surface area (Å²) in [4.78, 5) is 33.2. The summed E-state index contributed by atoms with van der Waals surface area (Å²) < 4.78 is 5.63. The first-order valence-electron chi connectivity index (χ1n) is 12.3. The van der Waals surface area contributed by atoms with Crippen LogP contribution in [-0.2, 0) is 30.6 Å². The lowest BCUT2D eigenvalue weighted by Crippen LogP contribution is -2.56. The van der Waals surface area contributed by atoms with Crippen molar-refractivity contribution in [2.45, 2.75) is 57.2 Å². The van der Waals surface area contributed by atoms with Gasteiger partial charge in [-0.3, -0.25) is 14.6 Å². The molecule has 0 bridgehead atoms. The number of hydrogen-bond donors (Lipinski definition) is 0. The van der Waals surface area contributed by atoms with Crippen molar-refractivity contribution in [1.29, 1.82) is 0 Å². The maximum Gasteiger partial charge on any atom is 0.327 e. The van der Waals surface area contributed by atoms with Crippen LogP contribution in [0, 0.1) is 0 Å². The maximum absolute atomic E-state index is 13.8. The Morgan fingerprint density at radius 3 is 2.42 bits per heavy atom. The number of carbonyl (C=O) groups is 2. The van der Waals surface area contributed by atoms with Gasteiger partial charge in [0.2, 0.25) is 0 Å². The zero-order valence-electron chi connectivity index (χ0n) is 19.3. The number of benzene rings is 2. The average molecular weight is 446 g/mol. The molecule has 33 heavy (non-hydrogen) atoms. The van der Waals surface area contributed by atoms with Crippen LogP contribution in [0.2, 0.25) is 0 Å². The van der Waals surface area contributed by atoms with Gasteiger partial charge in [0.1, 0.15) is 11.3 Å². The summed E-state index contributed by atoms with van der Waals surface area (Å²) in [5.74, 6) is 1.04. The highest BCUT2D eigenvalue weighted by Crippen LogP contribution is 2.40. The fraction of sp³-hybridized carbons (Fsp3) is 0.481. The third-order valence-corrected chi connectivity index (χ3v) is 8.12. The van der Waals surface area contributed by atoms with Crippen molar-refractivity contribution in [1.82, 2.24) is 14.7 Å². The fourth-order valence-corrected chi connectivity index (χ4v) is 6.38. The molecule has 172 valence electrons. The molecule has 2 fully saturated rings. The number of urea groups is 1. The number of ether oxygens (including phenoxy) is 1. The number of hydrogen-bond acceptors (Lipinski definition) is 4. The Hall–Kier alpha value is -2.86. The molecule has 2 aromatic rings. The Morgan fingerprint density at radius 2 is 1.73 bits per heavy atom. The highest BCUT2D eigenvalue weighted by Gasteiger charge is 2.59. The molecule has 3 aliphatic heterocycles. The quantitative estimate of drug-likeness (QED) is 0.677. The van der Waals surface area contributed by atoms with Crippen molar-refractivity contribution < 1.29 is 14.3 Å². The molecule has 3 heterocycles. The van der Waals surface area contributed by atoms with Crippen LogP contribution in [0.1, 0.15) is 42.0 Å². The molecule has 4 aliphatic rings. The summed E-state index contributed by atoms with van der Waals surface area (Å²) in [6.07, 6.45) is 3.94. The number of rotatable bonds is 4. The van der Waals surface area contributed by atoms with E-state index < -0.39 is 5.54 Å². The summed E-state index contributed by atoms with van der Waals surface area (Å²) in [5.41, 5.74) is 4.44. The Bertz CT molecular complexity index is 1080. The lowest BCUT2D eigenvalue weighted by atomic mass is 9.85. The molecule has 0 N–H and O–H groups in total. The summed E-state index contributed by atoms with van der Waals surface area (Å²) >= 11 is 0. The predicted molar refractivity (Wildman–Crippen MR) is 125 cm³/mol. The van der Waals surface area contributed by atoms with Gasteiger partial charge in [-0.1, -0.05) is 36.4 Å². The molecule has 1 spiro atoms. The summed E-state index contributed by atoms with van der Waals surface area (Å²) in [7, 11) is 0. The minimum atomic E-state index is -0.678. The van der Waals surface area contributed by atoms with Gasteiger partial charge < -0.3 is 9.64 Å². The van der Waals surface area contributed by atoms with E-state index in [-0.39, 0.29) is 18.0 Å². The van der Waals surface area contributed by atoms with Crippen LogP contribution in [-0.4, -0.2) is 64.5 Å². The van der Waals surface area contributed by atoms with Crippen LogP contribution in [0.25, 0.3) is 0 Å². The van der Waals surface area contributed by atoms with E-state index in [1.165, 1.54) is 22.3 Å². The van der Waals surface area contributed by atoms with Crippen molar-refractivity contribution in [2.24, 2.45) is 0 Å². The molecular weight excluding hydrogens is 414 g/mol. The van der Waals surface area contributed by atoms with Gasteiger partial charge in [0.25, 0.3) is 5.91 Å². The third kappa shape index (κ3) is 3.26. The lowest BCUT2D eigenvalue weighted by molar-refractivity contribution is -0.137. The first-order chi connectivity index (χ1) is 16.1. The van der Waals surface area contributed by atoms with E-state index in [0.717, 1.165) is 51.3 Å². The number of likely N-dealkylation sites (N-methyl/N-ethyl adjacent to an activating group) is 1. The van der Waals surface area contributed by atoms with Crippen LogP contribution in [0.4, 0.5) is 4.79 Å². The highest BCUT2D eigenvalue weighted by atomic mass is 16.5. The van der Waals surface area contributed by atoms with Gasteiger partial charge in [-0.25, -0.2) is 4.79 Å². The van der Waals surface area contributed by atoms with Crippen LogP contribution in [0.15, 0.2) is 42.5 Å². The summed E-state index contributed by atoms with van der Waals surface area (Å²) in [5, 5.41) is 0. The van der Waals surface area contributed by atoms with E-state index >= 15 is 0 Å². The second kappa shape index (κ2) is 7.87. The molecule has 0 unspecified atom stereocenters. The molecule has 2 saturated heterocycles. The monoisotopic (exact) mass is 445 g/mol. The molecule has 6 rings (SSSR count). The van der Waals surface area contributed by atoms with E-state index in [9.17, 15) is 9.59 Å². The molecule has 6 nitrogen and oxygen atoms in total. The van der Waals surface area contributed by atoms with E-state index in [1.807, 2.05) is 24.0 Å². The normalized spacial score (nSPS) is 22.2. The average Bonchev–Trinajstić information content (AvgIpc) is 3.51. The van der Waals surface area contributed by atoms with Crippen LogP contribution < -0.4 is 4.74 Å². The van der Waals surface area contributed by atoms with Crippen molar-refractivity contribution in [3.63, 3.8) is 0 Å². The number of carbonyl (C=O) groups excluding carboxylic acids is 2. The fourth-order valence-electron chi connectivity index (χ4n) is 6.38. The van der Waals surface area contributed by atoms with Crippen LogP contribution in [0.3, 0.4) is 0 Å². The van der Waals surface area contributed by atoms with E-state index in [4.69, 9.17) is 4.74 Å². The van der Waals surface area contributed by atoms with Gasteiger partial charge in [-0.15, -0.1) is 0 Å². The molecule has 0 saturated carbocycles. The summed E-state index contributed by atoms with van der Waals surface area (Å²) in [6.45, 7) is 5.86. The molecular formula is C27H31N3O3. The van der Waals surface area contributed by atoms with Crippen molar-refractivity contribution >= 4 is 11.9 Å². The van der Waals surface area contributed by atoms with E-state index in [2.05, 4.69) is 35.2 Å². The second-order valence-electron chi connectivity index (χ2n) is 9.88. The standard InChI is InChI=1S/C27H31N3O3/c1-2-29-26(32)30(23-16-20-5-3-4-6-21(20)17-23)25(31)27(29)10-12-28(13-11-27)18-19-7-8-24-22(15-19)9-14-33-24/h3-8,15,23H,2,9-14,16-18H2,1H3. The topological polar surface area (TPSA) is 53.1 Å². The van der Waals surface area contributed by atoms with Crippen molar-refractivity contribution in [2.75, 3.05) is 26.2 Å². The van der Waals surface area contributed by atoms with Gasteiger partial charge in [0.05, 0.1) is 6.61 Å². The number of likely N-dealkylation sites (tertiary alicyclic amines) is 1. The molecule has 2 aromatic carbocycles. The molecule has 0 atom stereocenters. The zero-order chi connectivity index (χ0) is 22.6. The number of piperidine rings is 1. The van der Waals surface area contributed by atoms with Gasteiger partial charge in [0, 0.05) is 38.6 Å². The molecule has 0 aromatic heterocycles. The number of nitrogens with zero attached hydrogens (tertiary/aromatic N) is 3. The minimum Gasteiger partial charge on any atom is -0.493 e. The largest absolute Gasteiger partial charge is 0.493 e. The Balaban J connectivity index is 1.17.